The molecule has 0 saturated heterocycles. The molecular weight excluding hydrogens is 326 g/mol. The van der Waals surface area contributed by atoms with E-state index in [1.165, 1.54) is 12.1 Å². The van der Waals surface area contributed by atoms with E-state index < -0.39 is 11.6 Å². The van der Waals surface area contributed by atoms with Crippen LogP contribution in [0.4, 0.5) is 8.78 Å². The standard InChI is InChI=1S/C20H18F2O3/c1-4-23-15-9-7-13-14-8-10-16(24-11-5-6-12(2)3)18(22)20(14)25-19(13)17(15)21/h1,7-10,12H,5-6,11H2,2-3H3. The van der Waals surface area contributed by atoms with Crippen molar-refractivity contribution in [1.82, 2.24) is 0 Å². The topological polar surface area (TPSA) is 31.6 Å². The van der Waals surface area contributed by atoms with Gasteiger partial charge in [-0.15, -0.1) is 0 Å². The fourth-order valence-electron chi connectivity index (χ4n) is 2.73. The van der Waals surface area contributed by atoms with Crippen LogP contribution in [0.15, 0.2) is 28.7 Å². The molecule has 0 aliphatic heterocycles. The van der Waals surface area contributed by atoms with E-state index in [4.69, 9.17) is 20.3 Å². The lowest BCUT2D eigenvalue weighted by atomic mass is 10.1. The molecule has 0 radical (unpaired) electrons. The van der Waals surface area contributed by atoms with Gasteiger partial charge in [0.2, 0.25) is 11.6 Å². The van der Waals surface area contributed by atoms with Crippen molar-refractivity contribution in [3.8, 4) is 24.0 Å². The summed E-state index contributed by atoms with van der Waals surface area (Å²) in [6.45, 7) is 4.65. The van der Waals surface area contributed by atoms with Crippen LogP contribution in [-0.2, 0) is 0 Å². The molecule has 1 heterocycles. The number of ether oxygens (including phenoxy) is 2. The van der Waals surface area contributed by atoms with Gasteiger partial charge in [-0.05, 0) is 43.0 Å². The van der Waals surface area contributed by atoms with Crippen LogP contribution < -0.4 is 9.47 Å². The van der Waals surface area contributed by atoms with Crippen molar-refractivity contribution in [2.24, 2.45) is 5.92 Å². The Morgan fingerprint density at radius 1 is 1.04 bits per heavy atom. The van der Waals surface area contributed by atoms with Crippen LogP contribution in [0.25, 0.3) is 21.9 Å². The minimum absolute atomic E-state index is 0.0480. The highest BCUT2D eigenvalue weighted by molar-refractivity contribution is 6.06. The predicted molar refractivity (Wildman–Crippen MR) is 92.7 cm³/mol. The Labute approximate surface area is 144 Å². The van der Waals surface area contributed by atoms with Crippen LogP contribution in [0.1, 0.15) is 26.7 Å². The summed E-state index contributed by atoms with van der Waals surface area (Å²) in [6, 6.07) is 6.16. The summed E-state index contributed by atoms with van der Waals surface area (Å²) in [5.74, 6) is -0.883. The molecule has 0 bridgehead atoms. The third kappa shape index (κ3) is 3.25. The molecule has 25 heavy (non-hydrogen) atoms. The van der Waals surface area contributed by atoms with Gasteiger partial charge in [0.05, 0.1) is 6.61 Å². The molecule has 3 rings (SSSR count). The molecule has 5 heteroatoms. The molecular formula is C20H18F2O3. The molecule has 0 saturated carbocycles. The number of hydrogen-bond acceptors (Lipinski definition) is 3. The van der Waals surface area contributed by atoms with Crippen LogP contribution in [0.5, 0.6) is 11.5 Å². The molecule has 0 aliphatic carbocycles. The van der Waals surface area contributed by atoms with Crippen LogP contribution in [-0.4, -0.2) is 6.61 Å². The van der Waals surface area contributed by atoms with E-state index in [0.717, 1.165) is 12.8 Å². The molecule has 3 aromatic rings. The highest BCUT2D eigenvalue weighted by atomic mass is 19.1. The molecule has 130 valence electrons. The summed E-state index contributed by atoms with van der Waals surface area (Å²) >= 11 is 0. The summed E-state index contributed by atoms with van der Waals surface area (Å²) in [5, 5.41) is 0.912. The molecule has 3 nitrogen and oxygen atoms in total. The number of rotatable bonds is 6. The molecule has 1 aromatic heterocycles. The average Bonchev–Trinajstić information content (AvgIpc) is 2.96. The lowest BCUT2D eigenvalue weighted by Gasteiger charge is -2.08. The van der Waals surface area contributed by atoms with E-state index in [2.05, 4.69) is 13.8 Å². The Morgan fingerprint density at radius 3 is 2.24 bits per heavy atom. The van der Waals surface area contributed by atoms with E-state index in [-0.39, 0.29) is 22.7 Å². The van der Waals surface area contributed by atoms with Crippen LogP contribution >= 0.6 is 0 Å². The van der Waals surface area contributed by atoms with Crippen molar-refractivity contribution in [1.29, 1.82) is 0 Å². The van der Waals surface area contributed by atoms with Crippen LogP contribution in [0, 0.1) is 30.1 Å². The largest absolute Gasteiger partial charge is 0.490 e. The van der Waals surface area contributed by atoms with Gasteiger partial charge in [0.15, 0.2) is 22.7 Å². The molecule has 0 aliphatic rings. The first-order chi connectivity index (χ1) is 12.0. The lowest BCUT2D eigenvalue weighted by Crippen LogP contribution is -2.01. The van der Waals surface area contributed by atoms with Crippen molar-refractivity contribution >= 4 is 21.9 Å². The summed E-state index contributed by atoms with van der Waals surface area (Å²) in [7, 11) is 0. The van der Waals surface area contributed by atoms with E-state index in [1.807, 2.05) is 6.11 Å². The molecule has 0 N–H and O–H groups in total. The second-order valence-corrected chi connectivity index (χ2v) is 6.22. The smallest absolute Gasteiger partial charge is 0.209 e. The Balaban J connectivity index is 1.97. The molecule has 0 amide bonds. The van der Waals surface area contributed by atoms with Crippen molar-refractivity contribution in [3.05, 3.63) is 35.9 Å². The molecule has 0 unspecified atom stereocenters. The van der Waals surface area contributed by atoms with E-state index in [9.17, 15) is 8.78 Å². The fraction of sp³-hybridized carbons (Fsp3) is 0.300. The number of terminal acetylenes is 1. The summed E-state index contributed by atoms with van der Waals surface area (Å²) < 4.78 is 44.7. The third-order valence-electron chi connectivity index (χ3n) is 3.97. The maximum Gasteiger partial charge on any atom is 0.209 e. The minimum atomic E-state index is -0.759. The van der Waals surface area contributed by atoms with Gasteiger partial charge in [0.1, 0.15) is 6.11 Å². The monoisotopic (exact) mass is 344 g/mol. The highest BCUT2D eigenvalue weighted by Gasteiger charge is 2.20. The number of furan rings is 1. The van der Waals surface area contributed by atoms with E-state index in [1.54, 1.807) is 12.1 Å². The van der Waals surface area contributed by atoms with Crippen molar-refractivity contribution in [2.75, 3.05) is 6.61 Å². The average molecular weight is 344 g/mol. The zero-order valence-electron chi connectivity index (χ0n) is 14.1. The summed E-state index contributed by atoms with van der Waals surface area (Å²) in [5.41, 5.74) is -0.147. The van der Waals surface area contributed by atoms with Gasteiger partial charge >= 0.3 is 0 Å². The highest BCUT2D eigenvalue weighted by Crippen LogP contribution is 2.37. The van der Waals surface area contributed by atoms with Gasteiger partial charge in [0.25, 0.3) is 0 Å². The normalized spacial score (nSPS) is 11.2. The van der Waals surface area contributed by atoms with Gasteiger partial charge in [-0.25, -0.2) is 0 Å². The molecule has 0 fully saturated rings. The molecule has 0 atom stereocenters. The predicted octanol–water partition coefficient (Wildman–Crippen LogP) is 5.65. The first-order valence-corrected chi connectivity index (χ1v) is 8.11. The Morgan fingerprint density at radius 2 is 1.64 bits per heavy atom. The molecule has 0 spiro atoms. The van der Waals surface area contributed by atoms with E-state index in [0.29, 0.717) is 23.3 Å². The second kappa shape index (κ2) is 7.02. The number of benzene rings is 2. The SMILES string of the molecule is C#COc1ccc2c(oc3c(F)c(OCCCC(C)C)ccc32)c1F. The quantitative estimate of drug-likeness (QED) is 0.428. The van der Waals surface area contributed by atoms with Gasteiger partial charge < -0.3 is 13.9 Å². The first-order valence-electron chi connectivity index (χ1n) is 8.11. The second-order valence-electron chi connectivity index (χ2n) is 6.22. The minimum Gasteiger partial charge on any atom is -0.490 e. The van der Waals surface area contributed by atoms with Crippen LogP contribution in [0.2, 0.25) is 0 Å². The Hall–Kier alpha value is -2.74. The van der Waals surface area contributed by atoms with Crippen molar-refractivity contribution in [2.45, 2.75) is 26.7 Å². The van der Waals surface area contributed by atoms with Crippen molar-refractivity contribution in [3.63, 3.8) is 0 Å². The van der Waals surface area contributed by atoms with Crippen molar-refractivity contribution < 1.29 is 22.7 Å². The zero-order chi connectivity index (χ0) is 18.0. The van der Waals surface area contributed by atoms with Gasteiger partial charge in [-0.1, -0.05) is 20.3 Å². The maximum atomic E-state index is 14.7. The Bertz CT molecular complexity index is 951. The zero-order valence-corrected chi connectivity index (χ0v) is 14.1. The summed E-state index contributed by atoms with van der Waals surface area (Å²) in [4.78, 5) is 0. The lowest BCUT2D eigenvalue weighted by molar-refractivity contribution is 0.284. The molecule has 2 aromatic carbocycles. The van der Waals surface area contributed by atoms with Crippen LogP contribution in [0.3, 0.4) is 0 Å². The maximum absolute atomic E-state index is 14.7. The third-order valence-corrected chi connectivity index (χ3v) is 3.97. The fourth-order valence-corrected chi connectivity index (χ4v) is 2.73. The van der Waals surface area contributed by atoms with E-state index >= 15 is 0 Å². The van der Waals surface area contributed by atoms with Gasteiger partial charge in [0, 0.05) is 10.8 Å². The number of hydrogen-bond donors (Lipinski definition) is 0. The summed E-state index contributed by atoms with van der Waals surface area (Å²) in [6.07, 6.45) is 8.76. The Kier molecular flexibility index (Phi) is 4.80. The van der Waals surface area contributed by atoms with Gasteiger partial charge in [-0.2, -0.15) is 8.78 Å². The van der Waals surface area contributed by atoms with Gasteiger partial charge in [-0.3, -0.25) is 0 Å². The first kappa shape index (κ1) is 17.1. The number of halogens is 2. The number of fused-ring (bicyclic) bond motifs is 3.